The molecule has 0 aromatic rings. The topological polar surface area (TPSA) is 0 Å². The first-order valence-electron chi connectivity index (χ1n) is 9.90. The molecule has 0 spiro atoms. The molecule has 0 saturated heterocycles. The van der Waals surface area contributed by atoms with Crippen molar-refractivity contribution >= 4 is 0 Å². The van der Waals surface area contributed by atoms with Gasteiger partial charge in [-0.05, 0) is 112 Å². The van der Waals surface area contributed by atoms with Crippen molar-refractivity contribution in [2.45, 2.75) is 77.0 Å². The summed E-state index contributed by atoms with van der Waals surface area (Å²) in [6.45, 7) is 0. The first kappa shape index (κ1) is 12.5. The van der Waals surface area contributed by atoms with Gasteiger partial charge >= 0.3 is 0 Å². The largest absolute Gasteiger partial charge is 0.0527 e. The molecule has 0 aromatic heterocycles. The van der Waals surface area contributed by atoms with Gasteiger partial charge in [-0.15, -0.1) is 0 Å². The van der Waals surface area contributed by atoms with E-state index in [0.29, 0.717) is 0 Å². The summed E-state index contributed by atoms with van der Waals surface area (Å²) in [6.07, 6.45) is 19.1. The third-order valence-corrected chi connectivity index (χ3v) is 8.70. The van der Waals surface area contributed by atoms with Crippen molar-refractivity contribution in [1.29, 1.82) is 0 Å². The van der Waals surface area contributed by atoms with Gasteiger partial charge in [-0.3, -0.25) is 0 Å². The van der Waals surface area contributed by atoms with E-state index < -0.39 is 0 Å². The lowest BCUT2D eigenvalue weighted by Gasteiger charge is -2.23. The second kappa shape index (κ2) is 4.75. The van der Waals surface area contributed by atoms with E-state index in [1.807, 2.05) is 0 Å². The first-order valence-corrected chi connectivity index (χ1v) is 9.90. The first-order chi connectivity index (χ1) is 9.90. The molecular formula is C20H32. The second-order valence-corrected chi connectivity index (χ2v) is 9.18. The Kier molecular flexibility index (Phi) is 2.98. The molecule has 0 radical (unpaired) electrons. The van der Waals surface area contributed by atoms with E-state index in [9.17, 15) is 0 Å². The predicted molar refractivity (Wildman–Crippen MR) is 83.3 cm³/mol. The normalized spacial score (nSPS) is 57.6. The molecule has 0 heteroatoms. The van der Waals surface area contributed by atoms with Gasteiger partial charge in [-0.2, -0.15) is 0 Å². The Morgan fingerprint density at radius 1 is 0.350 bits per heavy atom. The summed E-state index contributed by atoms with van der Waals surface area (Å²) in [7, 11) is 0. The molecule has 0 amide bonds. The molecule has 6 aliphatic carbocycles. The summed E-state index contributed by atoms with van der Waals surface area (Å²) in [6, 6.07) is 0. The quantitative estimate of drug-likeness (QED) is 0.533. The van der Waals surface area contributed by atoms with Crippen LogP contribution >= 0.6 is 0 Å². The van der Waals surface area contributed by atoms with Crippen LogP contribution in [0.1, 0.15) is 77.0 Å². The van der Waals surface area contributed by atoms with Crippen molar-refractivity contribution in [2.75, 3.05) is 0 Å². The van der Waals surface area contributed by atoms with Crippen LogP contribution in [0.2, 0.25) is 0 Å². The fraction of sp³-hybridized carbons (Fsp3) is 1.00. The molecule has 0 unspecified atom stereocenters. The summed E-state index contributed by atoms with van der Waals surface area (Å²) < 4.78 is 0. The number of fused-ring (bicyclic) bond motifs is 10. The Labute approximate surface area is 125 Å². The molecule has 8 atom stereocenters. The molecule has 6 saturated carbocycles. The van der Waals surface area contributed by atoms with Gasteiger partial charge in [0.25, 0.3) is 0 Å². The van der Waals surface area contributed by atoms with Gasteiger partial charge in [0.05, 0.1) is 0 Å². The fourth-order valence-corrected chi connectivity index (χ4v) is 8.04. The summed E-state index contributed by atoms with van der Waals surface area (Å²) in [5.41, 5.74) is 0. The van der Waals surface area contributed by atoms with Crippen molar-refractivity contribution < 1.29 is 0 Å². The lowest BCUT2D eigenvalue weighted by atomic mass is 9.82. The summed E-state index contributed by atoms with van der Waals surface area (Å²) in [5.74, 6) is 9.60. The SMILES string of the molecule is C1C[C@@H]2[C@@H]3CC[C@@H](C3)[C@@H]2C1.C1C[C@@H]2[C@@H]3CC[C@@H](C3)[C@@H]2C1. The second-order valence-electron chi connectivity index (χ2n) is 9.18. The number of hydrogen-bond acceptors (Lipinski definition) is 0. The maximum absolute atomic E-state index is 1.62. The van der Waals surface area contributed by atoms with Crippen LogP contribution in [0.4, 0.5) is 0 Å². The maximum Gasteiger partial charge on any atom is -0.0355 e. The van der Waals surface area contributed by atoms with E-state index in [2.05, 4.69) is 0 Å². The summed E-state index contributed by atoms with van der Waals surface area (Å²) in [4.78, 5) is 0. The van der Waals surface area contributed by atoms with Crippen LogP contribution in [0, 0.1) is 47.3 Å². The third kappa shape index (κ3) is 1.78. The van der Waals surface area contributed by atoms with Gasteiger partial charge in [-0.1, -0.05) is 12.8 Å². The fourth-order valence-electron chi connectivity index (χ4n) is 8.04. The predicted octanol–water partition coefficient (Wildman–Crippen LogP) is 5.67. The highest BCUT2D eigenvalue weighted by atomic mass is 14.5. The van der Waals surface area contributed by atoms with Gasteiger partial charge in [0.2, 0.25) is 0 Å². The summed E-state index contributed by atoms with van der Waals surface area (Å²) >= 11 is 0. The molecule has 0 heterocycles. The van der Waals surface area contributed by atoms with Crippen LogP contribution in [0.25, 0.3) is 0 Å². The minimum atomic E-state index is 1.19. The molecule has 20 heavy (non-hydrogen) atoms. The molecule has 6 aliphatic rings. The molecule has 0 nitrogen and oxygen atoms in total. The Hall–Kier alpha value is 0. The lowest BCUT2D eigenvalue weighted by molar-refractivity contribution is 0.259. The van der Waals surface area contributed by atoms with Gasteiger partial charge < -0.3 is 0 Å². The zero-order valence-corrected chi connectivity index (χ0v) is 13.1. The van der Waals surface area contributed by atoms with Gasteiger partial charge in [0, 0.05) is 0 Å². The number of hydrogen-bond donors (Lipinski definition) is 0. The Balaban J connectivity index is 0.0000000960. The molecule has 6 fully saturated rings. The summed E-state index contributed by atoms with van der Waals surface area (Å²) in [5, 5.41) is 0. The molecule has 0 aliphatic heterocycles. The van der Waals surface area contributed by atoms with Crippen LogP contribution in [-0.4, -0.2) is 0 Å². The highest BCUT2D eigenvalue weighted by Gasteiger charge is 2.49. The molecule has 0 aromatic carbocycles. The molecule has 112 valence electrons. The van der Waals surface area contributed by atoms with Crippen molar-refractivity contribution in [3.8, 4) is 0 Å². The third-order valence-electron chi connectivity index (χ3n) is 8.70. The van der Waals surface area contributed by atoms with Crippen molar-refractivity contribution in [3.05, 3.63) is 0 Å². The van der Waals surface area contributed by atoms with Crippen LogP contribution in [0.5, 0.6) is 0 Å². The van der Waals surface area contributed by atoms with E-state index in [1.165, 1.54) is 47.3 Å². The standard InChI is InChI=1S/2C10H16/c2*1-2-9-7-4-5-8(6-7)10(9)3-1/h2*7-10H,1-6H2/t2*7-,8+,9-,10+. The minimum absolute atomic E-state index is 1.19. The highest BCUT2D eigenvalue weighted by molar-refractivity contribution is 4.99. The smallest absolute Gasteiger partial charge is 0.0355 e. The van der Waals surface area contributed by atoms with E-state index in [-0.39, 0.29) is 0 Å². The number of rotatable bonds is 0. The Bertz CT molecular complexity index is 304. The van der Waals surface area contributed by atoms with Crippen LogP contribution in [0.15, 0.2) is 0 Å². The van der Waals surface area contributed by atoms with Crippen molar-refractivity contribution in [2.24, 2.45) is 47.3 Å². The van der Waals surface area contributed by atoms with Crippen LogP contribution in [-0.2, 0) is 0 Å². The molecule has 4 bridgehead atoms. The van der Waals surface area contributed by atoms with Crippen LogP contribution < -0.4 is 0 Å². The average Bonchev–Trinajstić information content (AvgIpc) is 3.28. The Morgan fingerprint density at radius 3 is 0.950 bits per heavy atom. The maximum atomic E-state index is 1.62. The zero-order chi connectivity index (χ0) is 13.1. The van der Waals surface area contributed by atoms with Gasteiger partial charge in [-0.25, -0.2) is 0 Å². The van der Waals surface area contributed by atoms with Gasteiger partial charge in [0.1, 0.15) is 0 Å². The lowest BCUT2D eigenvalue weighted by Crippen LogP contribution is -2.15. The molecule has 0 N–H and O–H groups in total. The van der Waals surface area contributed by atoms with Crippen molar-refractivity contribution in [1.82, 2.24) is 0 Å². The molecular weight excluding hydrogens is 240 g/mol. The van der Waals surface area contributed by atoms with E-state index in [1.54, 1.807) is 77.0 Å². The van der Waals surface area contributed by atoms with Crippen LogP contribution in [0.3, 0.4) is 0 Å². The minimum Gasteiger partial charge on any atom is -0.0527 e. The highest BCUT2D eigenvalue weighted by Crippen LogP contribution is 2.59. The van der Waals surface area contributed by atoms with Gasteiger partial charge in [0.15, 0.2) is 0 Å². The average molecular weight is 272 g/mol. The zero-order valence-electron chi connectivity index (χ0n) is 13.1. The van der Waals surface area contributed by atoms with E-state index in [4.69, 9.17) is 0 Å². The van der Waals surface area contributed by atoms with E-state index in [0.717, 1.165) is 0 Å². The monoisotopic (exact) mass is 272 g/mol. The van der Waals surface area contributed by atoms with Crippen molar-refractivity contribution in [3.63, 3.8) is 0 Å². The van der Waals surface area contributed by atoms with E-state index >= 15 is 0 Å². The molecule has 6 rings (SSSR count). The Morgan fingerprint density at radius 2 is 0.650 bits per heavy atom.